The SMILES string of the molecule is COc1ccc2ccccc2c1CNCC(N)CC(C)C. The van der Waals surface area contributed by atoms with Crippen molar-refractivity contribution in [3.63, 3.8) is 0 Å². The zero-order valence-electron chi connectivity index (χ0n) is 13.2. The topological polar surface area (TPSA) is 47.3 Å². The number of hydrogen-bond donors (Lipinski definition) is 2. The fourth-order valence-electron chi connectivity index (χ4n) is 2.76. The first-order valence-electron chi connectivity index (χ1n) is 7.62. The van der Waals surface area contributed by atoms with Crippen LogP contribution < -0.4 is 15.8 Å². The van der Waals surface area contributed by atoms with Gasteiger partial charge in [0, 0.05) is 24.7 Å². The summed E-state index contributed by atoms with van der Waals surface area (Å²) in [5.74, 6) is 1.56. The van der Waals surface area contributed by atoms with Crippen molar-refractivity contribution in [2.75, 3.05) is 13.7 Å². The normalized spacial score (nSPS) is 12.8. The smallest absolute Gasteiger partial charge is 0.123 e. The molecule has 0 spiro atoms. The Morgan fingerprint density at radius 3 is 2.62 bits per heavy atom. The molecule has 0 aliphatic rings. The van der Waals surface area contributed by atoms with Crippen molar-refractivity contribution in [3.05, 3.63) is 42.0 Å². The molecule has 2 aromatic carbocycles. The van der Waals surface area contributed by atoms with E-state index >= 15 is 0 Å². The minimum atomic E-state index is 0.200. The van der Waals surface area contributed by atoms with E-state index in [4.69, 9.17) is 10.5 Å². The number of hydrogen-bond acceptors (Lipinski definition) is 3. The minimum Gasteiger partial charge on any atom is -0.496 e. The molecule has 2 aromatic rings. The summed E-state index contributed by atoms with van der Waals surface area (Å²) in [5.41, 5.74) is 7.33. The average molecular weight is 286 g/mol. The fraction of sp³-hybridized carbons (Fsp3) is 0.444. The van der Waals surface area contributed by atoms with E-state index in [9.17, 15) is 0 Å². The highest BCUT2D eigenvalue weighted by Crippen LogP contribution is 2.27. The molecule has 3 N–H and O–H groups in total. The predicted octanol–water partition coefficient (Wildman–Crippen LogP) is 3.31. The van der Waals surface area contributed by atoms with Crippen molar-refractivity contribution in [1.29, 1.82) is 0 Å². The summed E-state index contributed by atoms with van der Waals surface area (Å²) < 4.78 is 5.50. The van der Waals surface area contributed by atoms with E-state index in [0.717, 1.165) is 25.3 Å². The van der Waals surface area contributed by atoms with Gasteiger partial charge >= 0.3 is 0 Å². The number of nitrogens with two attached hydrogens (primary N) is 1. The van der Waals surface area contributed by atoms with Gasteiger partial charge < -0.3 is 15.8 Å². The molecule has 114 valence electrons. The van der Waals surface area contributed by atoms with E-state index in [2.05, 4.69) is 49.5 Å². The number of fused-ring (bicyclic) bond motifs is 1. The van der Waals surface area contributed by atoms with Crippen LogP contribution in [0.2, 0.25) is 0 Å². The molecule has 0 saturated heterocycles. The molecule has 0 aliphatic heterocycles. The third-order valence-corrected chi connectivity index (χ3v) is 3.70. The van der Waals surface area contributed by atoms with Crippen LogP contribution in [0.15, 0.2) is 36.4 Å². The van der Waals surface area contributed by atoms with Crippen LogP contribution in [0.1, 0.15) is 25.8 Å². The second kappa shape index (κ2) is 7.43. The Morgan fingerprint density at radius 2 is 1.90 bits per heavy atom. The molecule has 2 rings (SSSR count). The van der Waals surface area contributed by atoms with Crippen LogP contribution in [0.4, 0.5) is 0 Å². The second-order valence-electron chi connectivity index (χ2n) is 5.99. The van der Waals surface area contributed by atoms with Crippen LogP contribution in [0.5, 0.6) is 5.75 Å². The van der Waals surface area contributed by atoms with Crippen LogP contribution in [0.25, 0.3) is 10.8 Å². The van der Waals surface area contributed by atoms with Crippen LogP contribution in [0, 0.1) is 5.92 Å². The Hall–Kier alpha value is -1.58. The highest BCUT2D eigenvalue weighted by molar-refractivity contribution is 5.87. The molecule has 1 unspecified atom stereocenters. The van der Waals surface area contributed by atoms with Crippen LogP contribution >= 0.6 is 0 Å². The fourth-order valence-corrected chi connectivity index (χ4v) is 2.76. The summed E-state index contributed by atoms with van der Waals surface area (Å²) in [6.07, 6.45) is 1.04. The summed E-state index contributed by atoms with van der Waals surface area (Å²) in [6, 6.07) is 12.7. The number of methoxy groups -OCH3 is 1. The molecular formula is C18H26N2O. The maximum absolute atomic E-state index is 6.13. The van der Waals surface area contributed by atoms with Crippen molar-refractivity contribution >= 4 is 10.8 Å². The second-order valence-corrected chi connectivity index (χ2v) is 5.99. The molecule has 0 amide bonds. The molecule has 0 aromatic heterocycles. The molecule has 21 heavy (non-hydrogen) atoms. The lowest BCUT2D eigenvalue weighted by atomic mass is 10.0. The highest BCUT2D eigenvalue weighted by atomic mass is 16.5. The summed E-state index contributed by atoms with van der Waals surface area (Å²) in [5, 5.41) is 5.94. The molecule has 0 fully saturated rings. The molecule has 0 radical (unpaired) electrons. The van der Waals surface area contributed by atoms with Gasteiger partial charge in [-0.15, -0.1) is 0 Å². The molecule has 0 saturated carbocycles. The maximum Gasteiger partial charge on any atom is 0.123 e. The molecular weight excluding hydrogens is 260 g/mol. The number of nitrogens with one attached hydrogen (secondary N) is 1. The van der Waals surface area contributed by atoms with E-state index in [1.165, 1.54) is 16.3 Å². The van der Waals surface area contributed by atoms with Crippen LogP contribution in [-0.2, 0) is 6.54 Å². The van der Waals surface area contributed by atoms with Gasteiger partial charge in [-0.05, 0) is 29.2 Å². The van der Waals surface area contributed by atoms with Crippen molar-refractivity contribution in [1.82, 2.24) is 5.32 Å². The Labute approximate surface area is 127 Å². The van der Waals surface area contributed by atoms with Gasteiger partial charge in [0.1, 0.15) is 5.75 Å². The molecule has 3 nitrogen and oxygen atoms in total. The zero-order chi connectivity index (χ0) is 15.2. The maximum atomic E-state index is 6.13. The third-order valence-electron chi connectivity index (χ3n) is 3.70. The van der Waals surface area contributed by atoms with Crippen molar-refractivity contribution in [2.24, 2.45) is 11.7 Å². The van der Waals surface area contributed by atoms with Gasteiger partial charge in [-0.2, -0.15) is 0 Å². The van der Waals surface area contributed by atoms with Gasteiger partial charge in [-0.1, -0.05) is 44.2 Å². The van der Waals surface area contributed by atoms with Gasteiger partial charge in [-0.25, -0.2) is 0 Å². The van der Waals surface area contributed by atoms with Crippen molar-refractivity contribution in [2.45, 2.75) is 32.9 Å². The van der Waals surface area contributed by atoms with E-state index in [1.54, 1.807) is 7.11 Å². The monoisotopic (exact) mass is 286 g/mol. The van der Waals surface area contributed by atoms with E-state index in [0.29, 0.717) is 5.92 Å². The van der Waals surface area contributed by atoms with Crippen LogP contribution in [0.3, 0.4) is 0 Å². The standard InChI is InChI=1S/C18H26N2O/c1-13(2)10-15(19)11-20-12-17-16-7-5-4-6-14(16)8-9-18(17)21-3/h4-9,13,15,20H,10-12,19H2,1-3H3. The molecule has 3 heteroatoms. The molecule has 0 aliphatic carbocycles. The van der Waals surface area contributed by atoms with E-state index in [-0.39, 0.29) is 6.04 Å². The largest absolute Gasteiger partial charge is 0.496 e. The summed E-state index contributed by atoms with van der Waals surface area (Å²) >= 11 is 0. The van der Waals surface area contributed by atoms with Crippen molar-refractivity contribution in [3.8, 4) is 5.75 Å². The molecule has 1 atom stereocenters. The van der Waals surface area contributed by atoms with Crippen LogP contribution in [-0.4, -0.2) is 19.7 Å². The lowest BCUT2D eigenvalue weighted by Gasteiger charge is -2.17. The van der Waals surface area contributed by atoms with E-state index in [1.807, 2.05) is 6.07 Å². The minimum absolute atomic E-state index is 0.200. The zero-order valence-corrected chi connectivity index (χ0v) is 13.2. The van der Waals surface area contributed by atoms with Gasteiger partial charge in [0.25, 0.3) is 0 Å². The number of benzene rings is 2. The number of rotatable bonds is 7. The number of ether oxygens (including phenoxy) is 1. The first-order valence-corrected chi connectivity index (χ1v) is 7.62. The lowest BCUT2D eigenvalue weighted by molar-refractivity contribution is 0.406. The van der Waals surface area contributed by atoms with Crippen molar-refractivity contribution < 1.29 is 4.74 Å². The summed E-state index contributed by atoms with van der Waals surface area (Å²) in [6.45, 7) is 6.00. The first-order chi connectivity index (χ1) is 10.1. The molecule has 0 heterocycles. The quantitative estimate of drug-likeness (QED) is 0.821. The van der Waals surface area contributed by atoms with Gasteiger partial charge in [-0.3, -0.25) is 0 Å². The summed E-state index contributed by atoms with van der Waals surface area (Å²) in [7, 11) is 1.72. The van der Waals surface area contributed by atoms with Gasteiger partial charge in [0.2, 0.25) is 0 Å². The first kappa shape index (κ1) is 15.8. The lowest BCUT2D eigenvalue weighted by Crippen LogP contribution is -2.34. The Balaban J connectivity index is 2.10. The molecule has 0 bridgehead atoms. The Bertz CT molecular complexity index is 580. The third kappa shape index (κ3) is 4.19. The highest BCUT2D eigenvalue weighted by Gasteiger charge is 2.09. The van der Waals surface area contributed by atoms with Gasteiger partial charge in [0.15, 0.2) is 0 Å². The summed E-state index contributed by atoms with van der Waals surface area (Å²) in [4.78, 5) is 0. The van der Waals surface area contributed by atoms with E-state index < -0.39 is 0 Å². The predicted molar refractivity (Wildman–Crippen MR) is 89.6 cm³/mol. The Kier molecular flexibility index (Phi) is 5.59. The Morgan fingerprint density at radius 1 is 1.14 bits per heavy atom. The average Bonchev–Trinajstić information content (AvgIpc) is 2.46. The van der Waals surface area contributed by atoms with Gasteiger partial charge in [0.05, 0.1) is 7.11 Å².